The molecular formula is C14H19ClN2. The molecule has 0 atom stereocenters. The van der Waals surface area contributed by atoms with Gasteiger partial charge in [0.1, 0.15) is 0 Å². The number of anilines is 1. The van der Waals surface area contributed by atoms with Gasteiger partial charge in [0.05, 0.1) is 5.69 Å². The molecule has 0 spiro atoms. The number of nitrogens with zero attached hydrogens (tertiary/aromatic N) is 1. The molecule has 0 heterocycles. The fourth-order valence-electron chi connectivity index (χ4n) is 2.05. The van der Waals surface area contributed by atoms with E-state index in [0.29, 0.717) is 0 Å². The van der Waals surface area contributed by atoms with Crippen molar-refractivity contribution in [2.75, 3.05) is 5.43 Å². The third-order valence-corrected chi connectivity index (χ3v) is 3.60. The second-order valence-corrected chi connectivity index (χ2v) is 5.08. The van der Waals surface area contributed by atoms with E-state index in [1.54, 1.807) is 0 Å². The van der Waals surface area contributed by atoms with Crippen molar-refractivity contribution in [1.82, 2.24) is 0 Å². The van der Waals surface area contributed by atoms with E-state index >= 15 is 0 Å². The van der Waals surface area contributed by atoms with Crippen LogP contribution in [-0.4, -0.2) is 5.71 Å². The van der Waals surface area contributed by atoms with Gasteiger partial charge in [0.2, 0.25) is 0 Å². The zero-order valence-corrected chi connectivity index (χ0v) is 11.1. The van der Waals surface area contributed by atoms with Crippen LogP contribution in [-0.2, 0) is 0 Å². The zero-order chi connectivity index (χ0) is 12.1. The van der Waals surface area contributed by atoms with Gasteiger partial charge in [-0.05, 0) is 50.3 Å². The third kappa shape index (κ3) is 3.74. The van der Waals surface area contributed by atoms with Gasteiger partial charge in [-0.3, -0.25) is 5.43 Å². The highest BCUT2D eigenvalue weighted by Crippen LogP contribution is 2.20. The number of rotatable bonds is 2. The molecule has 2 nitrogen and oxygen atoms in total. The van der Waals surface area contributed by atoms with Gasteiger partial charge in [-0.25, -0.2) is 0 Å². The van der Waals surface area contributed by atoms with Crippen molar-refractivity contribution in [1.29, 1.82) is 0 Å². The molecule has 1 aromatic carbocycles. The summed E-state index contributed by atoms with van der Waals surface area (Å²) in [4.78, 5) is 0. The van der Waals surface area contributed by atoms with E-state index in [9.17, 15) is 0 Å². The summed E-state index contributed by atoms with van der Waals surface area (Å²) in [6.45, 7) is 2.00. The summed E-state index contributed by atoms with van der Waals surface area (Å²) in [6.07, 6.45) is 7.49. The molecule has 0 amide bonds. The molecule has 1 saturated carbocycles. The maximum Gasteiger partial charge on any atom is 0.0576 e. The van der Waals surface area contributed by atoms with E-state index in [0.717, 1.165) is 29.1 Å². The van der Waals surface area contributed by atoms with Crippen LogP contribution in [0.1, 0.15) is 44.1 Å². The molecule has 0 unspecified atom stereocenters. The topological polar surface area (TPSA) is 24.4 Å². The molecule has 1 fully saturated rings. The molecular weight excluding hydrogens is 232 g/mol. The number of aryl methyl sites for hydroxylation is 1. The van der Waals surface area contributed by atoms with Gasteiger partial charge in [0.25, 0.3) is 0 Å². The average molecular weight is 251 g/mol. The van der Waals surface area contributed by atoms with E-state index < -0.39 is 0 Å². The van der Waals surface area contributed by atoms with Crippen LogP contribution in [0, 0.1) is 6.92 Å². The number of nitrogens with one attached hydrogen (secondary N) is 1. The maximum absolute atomic E-state index is 6.07. The maximum atomic E-state index is 6.07. The Labute approximate surface area is 108 Å². The summed E-state index contributed by atoms with van der Waals surface area (Å²) >= 11 is 6.07. The van der Waals surface area contributed by atoms with E-state index in [4.69, 9.17) is 11.6 Å². The van der Waals surface area contributed by atoms with E-state index in [1.807, 2.05) is 25.1 Å². The van der Waals surface area contributed by atoms with E-state index in [-0.39, 0.29) is 0 Å². The minimum Gasteiger partial charge on any atom is -0.279 e. The molecule has 1 N–H and O–H groups in total. The van der Waals surface area contributed by atoms with E-state index in [2.05, 4.69) is 10.5 Å². The highest BCUT2D eigenvalue weighted by molar-refractivity contribution is 6.31. The van der Waals surface area contributed by atoms with Crippen LogP contribution in [0.25, 0.3) is 0 Å². The Hall–Kier alpha value is -1.02. The second-order valence-electron chi connectivity index (χ2n) is 4.67. The molecule has 0 bridgehead atoms. The summed E-state index contributed by atoms with van der Waals surface area (Å²) in [6, 6.07) is 5.96. The van der Waals surface area contributed by atoms with Crippen LogP contribution in [0.2, 0.25) is 5.02 Å². The van der Waals surface area contributed by atoms with Crippen LogP contribution < -0.4 is 5.43 Å². The second kappa shape index (κ2) is 6.06. The molecule has 0 saturated heterocycles. The normalized spacial score (nSPS) is 16.5. The summed E-state index contributed by atoms with van der Waals surface area (Å²) in [5.41, 5.74) is 6.47. The average Bonchev–Trinajstić information content (AvgIpc) is 2.59. The number of halogens is 1. The van der Waals surface area contributed by atoms with Gasteiger partial charge in [-0.15, -0.1) is 0 Å². The molecule has 1 aliphatic carbocycles. The highest BCUT2D eigenvalue weighted by Gasteiger charge is 2.05. The minimum atomic E-state index is 0.788. The van der Waals surface area contributed by atoms with Crippen LogP contribution in [0.4, 0.5) is 5.69 Å². The first-order valence-corrected chi connectivity index (χ1v) is 6.71. The molecule has 0 aromatic heterocycles. The number of hydrogen-bond donors (Lipinski definition) is 1. The zero-order valence-electron chi connectivity index (χ0n) is 10.3. The number of hydrazone groups is 1. The smallest absolute Gasteiger partial charge is 0.0576 e. The molecule has 3 heteroatoms. The van der Waals surface area contributed by atoms with Crippen molar-refractivity contribution in [3.05, 3.63) is 28.8 Å². The first kappa shape index (κ1) is 12.4. The highest BCUT2D eigenvalue weighted by atomic mass is 35.5. The third-order valence-electron chi connectivity index (χ3n) is 3.20. The Morgan fingerprint density at radius 2 is 1.82 bits per heavy atom. The van der Waals surface area contributed by atoms with Crippen molar-refractivity contribution in [3.8, 4) is 0 Å². The monoisotopic (exact) mass is 250 g/mol. The summed E-state index contributed by atoms with van der Waals surface area (Å²) < 4.78 is 0. The molecule has 17 heavy (non-hydrogen) atoms. The van der Waals surface area contributed by atoms with Crippen molar-refractivity contribution in [2.45, 2.75) is 45.4 Å². The van der Waals surface area contributed by atoms with Crippen molar-refractivity contribution >= 4 is 23.0 Å². The lowest BCUT2D eigenvalue weighted by molar-refractivity contribution is 0.702. The molecule has 0 radical (unpaired) electrons. The summed E-state index contributed by atoms with van der Waals surface area (Å²) in [7, 11) is 0. The minimum absolute atomic E-state index is 0.788. The molecule has 1 aliphatic rings. The quantitative estimate of drug-likeness (QED) is 0.593. The Morgan fingerprint density at radius 3 is 2.47 bits per heavy atom. The fourth-order valence-corrected chi connectivity index (χ4v) is 2.24. The van der Waals surface area contributed by atoms with Gasteiger partial charge in [0.15, 0.2) is 0 Å². The van der Waals surface area contributed by atoms with Gasteiger partial charge < -0.3 is 0 Å². The standard InChI is InChI=1S/C14H19ClN2/c1-11-8-9-13(10-14(11)15)17-16-12-6-4-2-3-5-7-12/h8-10,17H,2-7H2,1H3. The summed E-state index contributed by atoms with van der Waals surface area (Å²) in [5, 5.41) is 5.28. The summed E-state index contributed by atoms with van der Waals surface area (Å²) in [5.74, 6) is 0. The van der Waals surface area contributed by atoms with Crippen molar-refractivity contribution < 1.29 is 0 Å². The number of benzene rings is 1. The molecule has 0 aliphatic heterocycles. The predicted molar refractivity (Wildman–Crippen MR) is 74.9 cm³/mol. The number of hydrogen-bond acceptors (Lipinski definition) is 2. The predicted octanol–water partition coefficient (Wildman–Crippen LogP) is 4.77. The van der Waals surface area contributed by atoms with Crippen LogP contribution >= 0.6 is 11.6 Å². The van der Waals surface area contributed by atoms with Crippen LogP contribution in [0.5, 0.6) is 0 Å². The lowest BCUT2D eigenvalue weighted by Gasteiger charge is -2.06. The van der Waals surface area contributed by atoms with Crippen LogP contribution in [0.3, 0.4) is 0 Å². The van der Waals surface area contributed by atoms with Gasteiger partial charge >= 0.3 is 0 Å². The first-order valence-electron chi connectivity index (χ1n) is 6.33. The first-order chi connectivity index (χ1) is 8.25. The molecule has 92 valence electrons. The van der Waals surface area contributed by atoms with E-state index in [1.165, 1.54) is 31.4 Å². The van der Waals surface area contributed by atoms with Crippen molar-refractivity contribution in [2.24, 2.45) is 5.10 Å². The van der Waals surface area contributed by atoms with Crippen LogP contribution in [0.15, 0.2) is 23.3 Å². The fraction of sp³-hybridized carbons (Fsp3) is 0.500. The SMILES string of the molecule is Cc1ccc(NN=C2CCCCCC2)cc1Cl. The Balaban J connectivity index is 2.00. The molecule has 1 aromatic rings. The lowest BCUT2D eigenvalue weighted by atomic mass is 10.2. The van der Waals surface area contributed by atoms with Crippen molar-refractivity contribution in [3.63, 3.8) is 0 Å². The van der Waals surface area contributed by atoms with Gasteiger partial charge in [-0.1, -0.05) is 30.5 Å². The Kier molecular flexibility index (Phi) is 4.43. The molecule has 2 rings (SSSR count). The Morgan fingerprint density at radius 1 is 1.12 bits per heavy atom. The van der Waals surface area contributed by atoms with Gasteiger partial charge in [-0.2, -0.15) is 5.10 Å². The van der Waals surface area contributed by atoms with Gasteiger partial charge in [0, 0.05) is 10.7 Å². The largest absolute Gasteiger partial charge is 0.279 e. The Bertz CT molecular complexity index is 403. The lowest BCUT2D eigenvalue weighted by Crippen LogP contribution is -2.00.